The minimum absolute atomic E-state index is 0.164. The van der Waals surface area contributed by atoms with Gasteiger partial charge in [-0.3, -0.25) is 4.98 Å². The van der Waals surface area contributed by atoms with Crippen LogP contribution < -0.4 is 0 Å². The molecular weight excluding hydrogens is 270 g/mol. The summed E-state index contributed by atoms with van der Waals surface area (Å²) in [7, 11) is 0. The maximum atomic E-state index is 5.76. The van der Waals surface area contributed by atoms with E-state index in [1.165, 1.54) is 11.1 Å². The zero-order valence-corrected chi connectivity index (χ0v) is 12.3. The summed E-state index contributed by atoms with van der Waals surface area (Å²) in [5.41, 5.74) is 4.49. The Hall–Kier alpha value is -2.45. The molecule has 2 heterocycles. The van der Waals surface area contributed by atoms with Crippen molar-refractivity contribution in [3.8, 4) is 11.1 Å². The lowest BCUT2D eigenvalue weighted by atomic mass is 9.94. The predicted octanol–water partition coefficient (Wildman–Crippen LogP) is 4.22. The Balaban J connectivity index is 1.55. The third-order valence-electron chi connectivity index (χ3n) is 4.19. The molecule has 22 heavy (non-hydrogen) atoms. The third-order valence-corrected chi connectivity index (χ3v) is 4.19. The van der Waals surface area contributed by atoms with Crippen molar-refractivity contribution in [3.63, 3.8) is 0 Å². The van der Waals surface area contributed by atoms with Gasteiger partial charge in [0.15, 0.2) is 0 Å². The number of hydrogen-bond acceptors (Lipinski definition) is 2. The highest BCUT2D eigenvalue weighted by Gasteiger charge is 2.46. The molecule has 0 amide bonds. The number of aromatic nitrogens is 1. The molecule has 1 atom stereocenters. The van der Waals surface area contributed by atoms with Crippen molar-refractivity contribution in [2.45, 2.75) is 12.0 Å². The molecule has 0 saturated carbocycles. The van der Waals surface area contributed by atoms with Crippen molar-refractivity contribution < 1.29 is 4.74 Å². The van der Waals surface area contributed by atoms with Crippen LogP contribution in [0.25, 0.3) is 11.1 Å². The van der Waals surface area contributed by atoms with E-state index in [0.29, 0.717) is 0 Å². The molecule has 1 fully saturated rings. The van der Waals surface area contributed by atoms with Crippen molar-refractivity contribution in [3.05, 3.63) is 90.3 Å². The van der Waals surface area contributed by atoms with Crippen molar-refractivity contribution in [2.24, 2.45) is 0 Å². The van der Waals surface area contributed by atoms with Crippen molar-refractivity contribution >= 4 is 0 Å². The van der Waals surface area contributed by atoms with E-state index in [4.69, 9.17) is 4.74 Å². The molecule has 1 saturated heterocycles. The van der Waals surface area contributed by atoms with Crippen LogP contribution in [0, 0.1) is 0 Å². The van der Waals surface area contributed by atoms with E-state index in [1.807, 2.05) is 30.5 Å². The van der Waals surface area contributed by atoms with Crippen LogP contribution in [-0.2, 0) is 16.8 Å². The van der Waals surface area contributed by atoms with E-state index in [1.54, 1.807) is 0 Å². The van der Waals surface area contributed by atoms with E-state index in [0.717, 1.165) is 24.3 Å². The Kier molecular flexibility index (Phi) is 3.24. The first-order valence-corrected chi connectivity index (χ1v) is 7.56. The minimum atomic E-state index is -0.164. The molecular formula is C20H17NO. The molecule has 3 aromatic rings. The summed E-state index contributed by atoms with van der Waals surface area (Å²) in [4.78, 5) is 4.63. The Labute approximate surface area is 130 Å². The Morgan fingerprint density at radius 1 is 0.818 bits per heavy atom. The molecule has 2 nitrogen and oxygen atoms in total. The molecule has 1 unspecified atom stereocenters. The van der Waals surface area contributed by atoms with E-state index in [2.05, 4.69) is 53.5 Å². The molecule has 0 radical (unpaired) electrons. The first-order valence-electron chi connectivity index (χ1n) is 7.56. The van der Waals surface area contributed by atoms with Gasteiger partial charge < -0.3 is 4.74 Å². The standard InChI is InChI=1S/C20H17NO/c1-3-7-16(8-4-1)17-11-12-19(21-14-17)13-20(15-22-20)18-9-5-2-6-10-18/h1-12,14H,13,15H2. The average Bonchev–Trinajstić information content (AvgIpc) is 3.38. The Bertz CT molecular complexity index is 747. The molecule has 2 aromatic carbocycles. The van der Waals surface area contributed by atoms with E-state index in [9.17, 15) is 0 Å². The van der Waals surface area contributed by atoms with E-state index in [-0.39, 0.29) is 5.60 Å². The van der Waals surface area contributed by atoms with Gasteiger partial charge in [0.2, 0.25) is 0 Å². The predicted molar refractivity (Wildman–Crippen MR) is 87.4 cm³/mol. The van der Waals surface area contributed by atoms with Gasteiger partial charge in [0, 0.05) is 23.9 Å². The van der Waals surface area contributed by atoms with Crippen molar-refractivity contribution in [1.82, 2.24) is 4.98 Å². The molecule has 1 aromatic heterocycles. The van der Waals surface area contributed by atoms with Crippen LogP contribution in [0.5, 0.6) is 0 Å². The summed E-state index contributed by atoms with van der Waals surface area (Å²) in [6.45, 7) is 0.777. The van der Waals surface area contributed by atoms with Crippen LogP contribution in [0.4, 0.5) is 0 Å². The van der Waals surface area contributed by atoms with Gasteiger partial charge in [-0.05, 0) is 17.2 Å². The molecule has 1 aliphatic heterocycles. The Morgan fingerprint density at radius 3 is 2.09 bits per heavy atom. The number of epoxide rings is 1. The van der Waals surface area contributed by atoms with Crippen molar-refractivity contribution in [1.29, 1.82) is 0 Å². The van der Waals surface area contributed by atoms with E-state index >= 15 is 0 Å². The lowest BCUT2D eigenvalue weighted by Crippen LogP contribution is -2.13. The fraction of sp³-hybridized carbons (Fsp3) is 0.150. The fourth-order valence-electron chi connectivity index (χ4n) is 2.82. The molecule has 2 heteroatoms. The van der Waals surface area contributed by atoms with Gasteiger partial charge >= 0.3 is 0 Å². The summed E-state index contributed by atoms with van der Waals surface area (Å²) >= 11 is 0. The zero-order chi connectivity index (χ0) is 14.8. The second-order valence-electron chi connectivity index (χ2n) is 5.73. The topological polar surface area (TPSA) is 25.4 Å². The van der Waals surface area contributed by atoms with Gasteiger partial charge in [-0.15, -0.1) is 0 Å². The number of hydrogen-bond donors (Lipinski definition) is 0. The normalized spacial score (nSPS) is 19.8. The van der Waals surface area contributed by atoms with Gasteiger partial charge in [-0.2, -0.15) is 0 Å². The average molecular weight is 287 g/mol. The SMILES string of the molecule is c1ccc(-c2ccc(CC3(c4ccccc4)CO3)nc2)cc1. The van der Waals surface area contributed by atoms with Crippen LogP contribution in [0.15, 0.2) is 79.0 Å². The van der Waals surface area contributed by atoms with Crippen molar-refractivity contribution in [2.75, 3.05) is 6.61 Å². The molecule has 0 aliphatic carbocycles. The molecule has 0 N–H and O–H groups in total. The number of rotatable bonds is 4. The second kappa shape index (κ2) is 5.39. The maximum absolute atomic E-state index is 5.76. The highest BCUT2D eigenvalue weighted by molar-refractivity contribution is 5.62. The van der Waals surface area contributed by atoms with Crippen LogP contribution >= 0.6 is 0 Å². The largest absolute Gasteiger partial charge is 0.364 e. The van der Waals surface area contributed by atoms with Gasteiger partial charge in [0.05, 0.1) is 6.61 Å². The second-order valence-corrected chi connectivity index (χ2v) is 5.73. The molecule has 108 valence electrons. The zero-order valence-electron chi connectivity index (χ0n) is 12.3. The van der Waals surface area contributed by atoms with Gasteiger partial charge in [-0.25, -0.2) is 0 Å². The summed E-state index contributed by atoms with van der Waals surface area (Å²) in [5.74, 6) is 0. The number of pyridine rings is 1. The smallest absolute Gasteiger partial charge is 0.122 e. The summed E-state index contributed by atoms with van der Waals surface area (Å²) in [5, 5.41) is 0. The van der Waals surface area contributed by atoms with Gasteiger partial charge in [0.1, 0.15) is 5.60 Å². The van der Waals surface area contributed by atoms with Crippen LogP contribution in [0.1, 0.15) is 11.3 Å². The van der Waals surface area contributed by atoms with Gasteiger partial charge in [-0.1, -0.05) is 66.7 Å². The molecule has 0 bridgehead atoms. The van der Waals surface area contributed by atoms with E-state index < -0.39 is 0 Å². The maximum Gasteiger partial charge on any atom is 0.122 e. The first-order chi connectivity index (χ1) is 10.9. The highest BCUT2D eigenvalue weighted by Crippen LogP contribution is 2.41. The van der Waals surface area contributed by atoms with Crippen LogP contribution in [0.3, 0.4) is 0 Å². The molecule has 0 spiro atoms. The van der Waals surface area contributed by atoms with Crippen LogP contribution in [-0.4, -0.2) is 11.6 Å². The molecule has 4 rings (SSSR count). The summed E-state index contributed by atoms with van der Waals surface area (Å²) in [6.07, 6.45) is 2.78. The number of benzene rings is 2. The third kappa shape index (κ3) is 2.53. The van der Waals surface area contributed by atoms with Gasteiger partial charge in [0.25, 0.3) is 0 Å². The highest BCUT2D eigenvalue weighted by atomic mass is 16.6. The summed E-state index contributed by atoms with van der Waals surface area (Å²) in [6, 6.07) is 25.0. The lowest BCUT2D eigenvalue weighted by Gasteiger charge is -2.12. The molecule has 1 aliphatic rings. The Morgan fingerprint density at radius 2 is 1.50 bits per heavy atom. The minimum Gasteiger partial charge on any atom is -0.364 e. The monoisotopic (exact) mass is 287 g/mol. The quantitative estimate of drug-likeness (QED) is 0.671. The van der Waals surface area contributed by atoms with Crippen LogP contribution in [0.2, 0.25) is 0 Å². The first kappa shape index (κ1) is 13.2. The summed E-state index contributed by atoms with van der Waals surface area (Å²) < 4.78 is 5.76. The lowest BCUT2D eigenvalue weighted by molar-refractivity contribution is 0.305. The fourth-order valence-corrected chi connectivity index (χ4v) is 2.82. The number of nitrogens with zero attached hydrogens (tertiary/aromatic N) is 1. The number of ether oxygens (including phenoxy) is 1.